The molecule has 1 heterocycles. The van der Waals surface area contributed by atoms with Gasteiger partial charge in [-0.25, -0.2) is 4.79 Å². The van der Waals surface area contributed by atoms with Gasteiger partial charge in [-0.3, -0.25) is 9.48 Å². The normalized spacial score (nSPS) is 10.7. The lowest BCUT2D eigenvalue weighted by Crippen LogP contribution is -2.14. The molecule has 3 aromatic rings. The molecule has 0 atom stereocenters. The van der Waals surface area contributed by atoms with Gasteiger partial charge in [0.15, 0.2) is 5.69 Å². The molecule has 134 valence electrons. The summed E-state index contributed by atoms with van der Waals surface area (Å²) >= 11 is 0. The van der Waals surface area contributed by atoms with Crippen LogP contribution in [0.1, 0.15) is 20.8 Å². The van der Waals surface area contributed by atoms with E-state index in [0.717, 1.165) is 5.52 Å². The molecule has 2 aromatic carbocycles. The summed E-state index contributed by atoms with van der Waals surface area (Å²) in [5, 5.41) is 26.0. The van der Waals surface area contributed by atoms with Crippen LogP contribution in [0.2, 0.25) is 0 Å². The second-order valence-electron chi connectivity index (χ2n) is 5.49. The van der Waals surface area contributed by atoms with E-state index in [0.29, 0.717) is 11.1 Å². The van der Waals surface area contributed by atoms with Crippen molar-refractivity contribution in [2.24, 2.45) is 0 Å². The number of nitrogens with one attached hydrogen (secondary N) is 1. The van der Waals surface area contributed by atoms with Gasteiger partial charge in [0.05, 0.1) is 25.8 Å². The maximum Gasteiger partial charge on any atom is 0.339 e. The predicted molar refractivity (Wildman–Crippen MR) is 94.7 cm³/mol. The molecule has 1 aromatic heterocycles. The highest BCUT2D eigenvalue weighted by Gasteiger charge is 2.18. The fraction of sp³-hybridized carbons (Fsp3) is 0.167. The van der Waals surface area contributed by atoms with Gasteiger partial charge in [-0.1, -0.05) is 18.2 Å². The molecule has 1 amide bonds. The Morgan fingerprint density at radius 1 is 1.23 bits per heavy atom. The van der Waals surface area contributed by atoms with Gasteiger partial charge in [-0.15, -0.1) is 0 Å². The average molecular weight is 355 g/mol. The molecular weight excluding hydrogens is 338 g/mol. The number of fused-ring (bicyclic) bond motifs is 1. The van der Waals surface area contributed by atoms with E-state index in [4.69, 9.17) is 9.84 Å². The van der Waals surface area contributed by atoms with Gasteiger partial charge >= 0.3 is 5.97 Å². The lowest BCUT2D eigenvalue weighted by atomic mass is 10.1. The lowest BCUT2D eigenvalue weighted by molar-refractivity contribution is 0.0693. The highest BCUT2D eigenvalue weighted by molar-refractivity contribution is 6.11. The number of aromatic nitrogens is 2. The molecule has 0 saturated heterocycles. The number of carboxylic acid groups (broad SMARTS) is 1. The average Bonchev–Trinajstić information content (AvgIpc) is 3.01. The number of carbonyl (C=O) groups excluding carboxylic acids is 1. The SMILES string of the molecule is COc1ccc(NC(=O)c2nn(CCO)c3ccccc23)cc1C(=O)O. The van der Waals surface area contributed by atoms with Crippen molar-refractivity contribution in [2.75, 3.05) is 19.0 Å². The summed E-state index contributed by atoms with van der Waals surface area (Å²) in [6.45, 7) is 0.159. The van der Waals surface area contributed by atoms with E-state index in [-0.39, 0.29) is 30.2 Å². The van der Waals surface area contributed by atoms with Crippen LogP contribution >= 0.6 is 0 Å². The number of anilines is 1. The lowest BCUT2D eigenvalue weighted by Gasteiger charge is -2.08. The van der Waals surface area contributed by atoms with E-state index in [1.165, 1.54) is 19.2 Å². The second kappa shape index (κ2) is 7.24. The molecule has 8 heteroatoms. The highest BCUT2D eigenvalue weighted by Crippen LogP contribution is 2.24. The first kappa shape index (κ1) is 17.4. The number of nitrogens with zero attached hydrogens (tertiary/aromatic N) is 2. The van der Waals surface area contributed by atoms with Crippen LogP contribution in [0.3, 0.4) is 0 Å². The summed E-state index contributed by atoms with van der Waals surface area (Å²) in [7, 11) is 1.37. The minimum absolute atomic E-state index is 0.0547. The summed E-state index contributed by atoms with van der Waals surface area (Å²) in [6, 6.07) is 11.5. The van der Waals surface area contributed by atoms with Crippen molar-refractivity contribution in [1.82, 2.24) is 9.78 Å². The van der Waals surface area contributed by atoms with E-state index >= 15 is 0 Å². The Morgan fingerprint density at radius 2 is 2.00 bits per heavy atom. The quantitative estimate of drug-likeness (QED) is 0.623. The molecule has 0 aliphatic heterocycles. The first-order valence-electron chi connectivity index (χ1n) is 7.84. The van der Waals surface area contributed by atoms with Gasteiger partial charge in [0, 0.05) is 11.1 Å². The van der Waals surface area contributed by atoms with Crippen LogP contribution in [0.15, 0.2) is 42.5 Å². The number of benzene rings is 2. The Hall–Kier alpha value is -3.39. The third-order valence-corrected chi connectivity index (χ3v) is 3.87. The van der Waals surface area contributed by atoms with Crippen molar-refractivity contribution in [1.29, 1.82) is 0 Å². The van der Waals surface area contributed by atoms with Gasteiger partial charge in [0.2, 0.25) is 0 Å². The zero-order chi connectivity index (χ0) is 18.7. The molecule has 0 aliphatic carbocycles. The fourth-order valence-electron chi connectivity index (χ4n) is 2.70. The fourth-order valence-corrected chi connectivity index (χ4v) is 2.70. The van der Waals surface area contributed by atoms with Crippen LogP contribution in [0.25, 0.3) is 10.9 Å². The van der Waals surface area contributed by atoms with Crippen LogP contribution in [-0.2, 0) is 6.54 Å². The standard InChI is InChI=1S/C18H17N3O5/c1-26-15-7-6-11(10-13(15)18(24)25)19-17(23)16-12-4-2-3-5-14(12)21(20-16)8-9-22/h2-7,10,22H,8-9H2,1H3,(H,19,23)(H,24,25). The van der Waals surface area contributed by atoms with E-state index in [9.17, 15) is 14.7 Å². The molecule has 0 radical (unpaired) electrons. The number of aliphatic hydroxyl groups is 1. The van der Waals surface area contributed by atoms with E-state index in [2.05, 4.69) is 10.4 Å². The Morgan fingerprint density at radius 3 is 2.69 bits per heavy atom. The van der Waals surface area contributed by atoms with E-state index in [1.807, 2.05) is 12.1 Å². The Bertz CT molecular complexity index is 980. The van der Waals surface area contributed by atoms with Crippen LogP contribution in [-0.4, -0.2) is 45.6 Å². The van der Waals surface area contributed by atoms with Gasteiger partial charge in [0.1, 0.15) is 11.3 Å². The van der Waals surface area contributed by atoms with Crippen molar-refractivity contribution in [3.05, 3.63) is 53.7 Å². The Labute approximate surface area is 148 Å². The number of ether oxygens (including phenoxy) is 1. The number of aromatic carboxylic acids is 1. The van der Waals surface area contributed by atoms with Crippen molar-refractivity contribution in [2.45, 2.75) is 6.54 Å². The number of aliphatic hydroxyl groups excluding tert-OH is 1. The highest BCUT2D eigenvalue weighted by atomic mass is 16.5. The molecule has 0 spiro atoms. The zero-order valence-electron chi connectivity index (χ0n) is 14.0. The van der Waals surface area contributed by atoms with Crippen molar-refractivity contribution < 1.29 is 24.5 Å². The maximum absolute atomic E-state index is 12.7. The Kier molecular flexibility index (Phi) is 4.85. The molecule has 0 fully saturated rings. The minimum atomic E-state index is -1.16. The van der Waals surface area contributed by atoms with Crippen molar-refractivity contribution >= 4 is 28.5 Å². The number of carbonyl (C=O) groups is 2. The summed E-state index contributed by atoms with van der Waals surface area (Å²) < 4.78 is 6.56. The zero-order valence-corrected chi connectivity index (χ0v) is 14.0. The van der Waals surface area contributed by atoms with Crippen molar-refractivity contribution in [3.63, 3.8) is 0 Å². The second-order valence-corrected chi connectivity index (χ2v) is 5.49. The molecule has 3 rings (SSSR count). The first-order chi connectivity index (χ1) is 12.5. The number of rotatable bonds is 6. The summed E-state index contributed by atoms with van der Waals surface area (Å²) in [6.07, 6.45) is 0. The topological polar surface area (TPSA) is 114 Å². The number of amides is 1. The molecule has 3 N–H and O–H groups in total. The Balaban J connectivity index is 1.95. The van der Waals surface area contributed by atoms with E-state index in [1.54, 1.807) is 22.9 Å². The molecule has 0 bridgehead atoms. The van der Waals surface area contributed by atoms with Gasteiger partial charge in [-0.2, -0.15) is 5.10 Å². The number of hydrogen-bond acceptors (Lipinski definition) is 5. The third-order valence-electron chi connectivity index (χ3n) is 3.87. The van der Waals surface area contributed by atoms with Crippen molar-refractivity contribution in [3.8, 4) is 5.75 Å². The first-order valence-corrected chi connectivity index (χ1v) is 7.84. The molecule has 26 heavy (non-hydrogen) atoms. The number of para-hydroxylation sites is 1. The summed E-state index contributed by atoms with van der Waals surface area (Å²) in [5.74, 6) is -1.43. The van der Waals surface area contributed by atoms with Crippen LogP contribution < -0.4 is 10.1 Å². The monoisotopic (exact) mass is 355 g/mol. The predicted octanol–water partition coefficient (Wildman–Crippen LogP) is 1.99. The maximum atomic E-state index is 12.7. The molecule has 0 saturated carbocycles. The van der Waals surface area contributed by atoms with E-state index < -0.39 is 11.9 Å². The minimum Gasteiger partial charge on any atom is -0.496 e. The molecular formula is C18H17N3O5. The molecule has 8 nitrogen and oxygen atoms in total. The summed E-state index contributed by atoms with van der Waals surface area (Å²) in [4.78, 5) is 24.0. The molecule has 0 unspecified atom stereocenters. The smallest absolute Gasteiger partial charge is 0.339 e. The summed E-state index contributed by atoms with van der Waals surface area (Å²) in [5.41, 5.74) is 1.18. The third kappa shape index (κ3) is 3.22. The van der Waals surface area contributed by atoms with Crippen LogP contribution in [0.5, 0.6) is 5.75 Å². The van der Waals surface area contributed by atoms with Gasteiger partial charge < -0.3 is 20.3 Å². The molecule has 0 aliphatic rings. The number of carboxylic acids is 1. The largest absolute Gasteiger partial charge is 0.496 e. The van der Waals surface area contributed by atoms with Gasteiger partial charge in [-0.05, 0) is 24.3 Å². The number of hydrogen-bond donors (Lipinski definition) is 3. The number of methoxy groups -OCH3 is 1. The van der Waals surface area contributed by atoms with Gasteiger partial charge in [0.25, 0.3) is 5.91 Å². The van der Waals surface area contributed by atoms with Crippen LogP contribution in [0, 0.1) is 0 Å². The van der Waals surface area contributed by atoms with Crippen LogP contribution in [0.4, 0.5) is 5.69 Å².